The number of imidazole rings is 1. The lowest BCUT2D eigenvalue weighted by Crippen LogP contribution is -2.44. The van der Waals surface area contributed by atoms with E-state index in [-0.39, 0.29) is 0 Å². The fourth-order valence-electron chi connectivity index (χ4n) is 3.78. The average molecular weight is 276 g/mol. The largest absolute Gasteiger partial charge is 0.331 e. The minimum atomic E-state index is 0.491. The van der Waals surface area contributed by atoms with Crippen molar-refractivity contribution in [1.29, 1.82) is 0 Å². The zero-order chi connectivity index (χ0) is 14.1. The fraction of sp³-hybridized carbons (Fsp3) is 0.812. The summed E-state index contributed by atoms with van der Waals surface area (Å²) in [6.45, 7) is 6.88. The summed E-state index contributed by atoms with van der Waals surface area (Å²) in [5.74, 6) is 0.712. The van der Waals surface area contributed by atoms with Crippen molar-refractivity contribution in [2.75, 3.05) is 20.1 Å². The van der Waals surface area contributed by atoms with Gasteiger partial charge < -0.3 is 9.88 Å². The van der Waals surface area contributed by atoms with E-state index in [1.807, 2.05) is 6.33 Å². The van der Waals surface area contributed by atoms with E-state index in [2.05, 4.69) is 46.9 Å². The second-order valence-corrected chi connectivity index (χ2v) is 6.69. The Morgan fingerprint density at radius 2 is 2.15 bits per heavy atom. The number of piperidine rings is 1. The molecule has 0 bridgehead atoms. The molecule has 1 saturated heterocycles. The quantitative estimate of drug-likeness (QED) is 0.897. The van der Waals surface area contributed by atoms with Gasteiger partial charge in [-0.1, -0.05) is 0 Å². The molecule has 2 unspecified atom stereocenters. The van der Waals surface area contributed by atoms with Crippen molar-refractivity contribution >= 4 is 0 Å². The van der Waals surface area contributed by atoms with E-state index in [0.717, 1.165) is 12.6 Å². The van der Waals surface area contributed by atoms with Crippen molar-refractivity contribution < 1.29 is 0 Å². The van der Waals surface area contributed by atoms with Crippen molar-refractivity contribution in [2.45, 2.75) is 57.7 Å². The maximum atomic E-state index is 4.44. The highest BCUT2D eigenvalue weighted by Gasteiger charge is 2.41. The Labute approximate surface area is 122 Å². The molecule has 0 radical (unpaired) electrons. The molecule has 1 aromatic rings. The Balaban J connectivity index is 1.91. The summed E-state index contributed by atoms with van der Waals surface area (Å²) in [5, 5.41) is 3.40. The van der Waals surface area contributed by atoms with Crippen molar-refractivity contribution in [2.24, 2.45) is 5.92 Å². The second-order valence-electron chi connectivity index (χ2n) is 6.69. The Hall–Kier alpha value is -0.870. The molecule has 2 fully saturated rings. The van der Waals surface area contributed by atoms with E-state index < -0.39 is 0 Å². The topological polar surface area (TPSA) is 33.1 Å². The molecule has 20 heavy (non-hydrogen) atoms. The maximum Gasteiger partial charge on any atom is 0.0951 e. The third-order valence-electron chi connectivity index (χ3n) is 4.83. The van der Waals surface area contributed by atoms with Gasteiger partial charge in [0.05, 0.1) is 18.1 Å². The highest BCUT2D eigenvalue weighted by Crippen LogP contribution is 2.42. The molecule has 112 valence electrons. The van der Waals surface area contributed by atoms with Crippen molar-refractivity contribution in [1.82, 2.24) is 19.8 Å². The van der Waals surface area contributed by atoms with Crippen LogP contribution < -0.4 is 5.32 Å². The number of hydrogen-bond acceptors (Lipinski definition) is 3. The molecule has 2 aliphatic rings. The Morgan fingerprint density at radius 3 is 2.80 bits per heavy atom. The first-order valence-electron chi connectivity index (χ1n) is 8.14. The summed E-state index contributed by atoms with van der Waals surface area (Å²) >= 11 is 0. The van der Waals surface area contributed by atoms with Gasteiger partial charge in [0.25, 0.3) is 0 Å². The monoisotopic (exact) mass is 276 g/mol. The predicted molar refractivity (Wildman–Crippen MR) is 81.7 cm³/mol. The molecule has 0 spiro atoms. The van der Waals surface area contributed by atoms with Gasteiger partial charge in [-0.05, 0) is 65.6 Å². The number of aromatic nitrogens is 2. The summed E-state index contributed by atoms with van der Waals surface area (Å²) in [7, 11) is 2.08. The lowest BCUT2D eigenvalue weighted by atomic mass is 9.86. The van der Waals surface area contributed by atoms with E-state index in [4.69, 9.17) is 0 Å². The summed E-state index contributed by atoms with van der Waals surface area (Å²) in [6, 6.07) is 1.87. The van der Waals surface area contributed by atoms with Crippen LogP contribution in [0.2, 0.25) is 0 Å². The first kappa shape index (κ1) is 14.1. The standard InChI is InChI=1S/C16H28N4/c1-12(2)20-11-18-10-15(20)16-13(9-17-3)5-4-8-19(16)14-6-7-14/h10-14,16-17H,4-9H2,1-3H3. The highest BCUT2D eigenvalue weighted by atomic mass is 15.3. The number of rotatable bonds is 5. The highest BCUT2D eigenvalue weighted by molar-refractivity contribution is 5.12. The molecule has 1 N–H and O–H groups in total. The zero-order valence-corrected chi connectivity index (χ0v) is 13.0. The van der Waals surface area contributed by atoms with Crippen molar-refractivity contribution in [3.63, 3.8) is 0 Å². The summed E-state index contributed by atoms with van der Waals surface area (Å²) in [5.41, 5.74) is 1.42. The van der Waals surface area contributed by atoms with Crippen LogP contribution in [0.25, 0.3) is 0 Å². The van der Waals surface area contributed by atoms with Crippen LogP contribution in [-0.4, -0.2) is 40.6 Å². The molecule has 2 heterocycles. The van der Waals surface area contributed by atoms with Crippen molar-refractivity contribution in [3.8, 4) is 0 Å². The van der Waals surface area contributed by atoms with Crippen LogP contribution >= 0.6 is 0 Å². The number of nitrogens with one attached hydrogen (secondary N) is 1. The average Bonchev–Trinajstić information content (AvgIpc) is 3.16. The molecular weight excluding hydrogens is 248 g/mol. The zero-order valence-electron chi connectivity index (χ0n) is 13.0. The van der Waals surface area contributed by atoms with Crippen LogP contribution in [0.5, 0.6) is 0 Å². The Kier molecular flexibility index (Phi) is 4.13. The van der Waals surface area contributed by atoms with Gasteiger partial charge in [-0.2, -0.15) is 0 Å². The molecule has 4 nitrogen and oxygen atoms in total. The Bertz CT molecular complexity index is 433. The molecule has 1 aliphatic carbocycles. The normalized spacial score (nSPS) is 28.2. The molecule has 1 aliphatic heterocycles. The van der Waals surface area contributed by atoms with Gasteiger partial charge in [0.2, 0.25) is 0 Å². The minimum Gasteiger partial charge on any atom is -0.331 e. The van der Waals surface area contributed by atoms with E-state index in [9.17, 15) is 0 Å². The maximum absolute atomic E-state index is 4.44. The third-order valence-corrected chi connectivity index (χ3v) is 4.83. The van der Waals surface area contributed by atoms with E-state index in [0.29, 0.717) is 18.0 Å². The number of nitrogens with zero attached hydrogens (tertiary/aromatic N) is 3. The van der Waals surface area contributed by atoms with Gasteiger partial charge in [0.15, 0.2) is 0 Å². The first-order chi connectivity index (χ1) is 9.72. The van der Waals surface area contributed by atoms with Crippen molar-refractivity contribution in [3.05, 3.63) is 18.2 Å². The molecule has 1 aromatic heterocycles. The minimum absolute atomic E-state index is 0.491. The molecule has 0 aromatic carbocycles. The number of likely N-dealkylation sites (tertiary alicyclic amines) is 1. The molecule has 2 atom stereocenters. The van der Waals surface area contributed by atoms with Gasteiger partial charge in [0.1, 0.15) is 0 Å². The van der Waals surface area contributed by atoms with Gasteiger partial charge >= 0.3 is 0 Å². The first-order valence-corrected chi connectivity index (χ1v) is 8.14. The number of hydrogen-bond donors (Lipinski definition) is 1. The SMILES string of the molecule is CNCC1CCCN(C2CC2)C1c1cncn1C(C)C. The lowest BCUT2D eigenvalue weighted by molar-refractivity contribution is 0.0782. The molecule has 0 amide bonds. The lowest BCUT2D eigenvalue weighted by Gasteiger charge is -2.42. The van der Waals surface area contributed by atoms with Crippen LogP contribution in [0.4, 0.5) is 0 Å². The van der Waals surface area contributed by atoms with Crippen LogP contribution in [-0.2, 0) is 0 Å². The molecule has 1 saturated carbocycles. The van der Waals surface area contributed by atoms with Crippen LogP contribution in [0.3, 0.4) is 0 Å². The van der Waals surface area contributed by atoms with Gasteiger partial charge in [0, 0.05) is 18.3 Å². The van der Waals surface area contributed by atoms with E-state index >= 15 is 0 Å². The summed E-state index contributed by atoms with van der Waals surface area (Å²) < 4.78 is 2.37. The summed E-state index contributed by atoms with van der Waals surface area (Å²) in [4.78, 5) is 7.21. The van der Waals surface area contributed by atoms with E-state index in [1.165, 1.54) is 37.9 Å². The smallest absolute Gasteiger partial charge is 0.0951 e. The van der Waals surface area contributed by atoms with Gasteiger partial charge in [-0.15, -0.1) is 0 Å². The van der Waals surface area contributed by atoms with Crippen LogP contribution in [0, 0.1) is 5.92 Å². The van der Waals surface area contributed by atoms with Crippen LogP contribution in [0.1, 0.15) is 57.3 Å². The Morgan fingerprint density at radius 1 is 1.35 bits per heavy atom. The third kappa shape index (κ3) is 2.63. The van der Waals surface area contributed by atoms with E-state index in [1.54, 1.807) is 0 Å². The van der Waals surface area contributed by atoms with Gasteiger partial charge in [-0.3, -0.25) is 4.90 Å². The second kappa shape index (κ2) is 5.86. The van der Waals surface area contributed by atoms with Gasteiger partial charge in [-0.25, -0.2) is 4.98 Å². The summed E-state index contributed by atoms with van der Waals surface area (Å²) in [6.07, 6.45) is 9.56. The molecular formula is C16H28N4. The molecule has 3 rings (SSSR count). The fourth-order valence-corrected chi connectivity index (χ4v) is 3.78. The predicted octanol–water partition coefficient (Wildman–Crippen LogP) is 2.60. The van der Waals surface area contributed by atoms with Crippen LogP contribution in [0.15, 0.2) is 12.5 Å². The molecule has 4 heteroatoms.